The summed E-state index contributed by atoms with van der Waals surface area (Å²) in [6.07, 6.45) is 0. The molecule has 0 radical (unpaired) electrons. The first-order valence-corrected chi connectivity index (χ1v) is 5.86. The maximum atomic E-state index is 11.9. The van der Waals surface area contributed by atoms with Crippen LogP contribution in [0.25, 0.3) is 11.1 Å². The molecule has 0 aliphatic rings. The Morgan fingerprint density at radius 1 is 0.944 bits per heavy atom. The van der Waals surface area contributed by atoms with Crippen molar-refractivity contribution in [2.45, 2.75) is 0 Å². The van der Waals surface area contributed by atoms with Crippen molar-refractivity contribution in [1.82, 2.24) is 5.32 Å². The van der Waals surface area contributed by atoms with Gasteiger partial charge in [-0.2, -0.15) is 0 Å². The van der Waals surface area contributed by atoms with Gasteiger partial charge in [0, 0.05) is 30.9 Å². The SMILES string of the molecule is CNC(=O)c1cccc(NC)c1-c1ccccc1. The molecule has 0 heterocycles. The average molecular weight is 240 g/mol. The number of hydrogen-bond donors (Lipinski definition) is 2. The fraction of sp³-hybridized carbons (Fsp3) is 0.133. The molecule has 0 aromatic heterocycles. The highest BCUT2D eigenvalue weighted by molar-refractivity contribution is 6.03. The highest BCUT2D eigenvalue weighted by atomic mass is 16.1. The molecule has 18 heavy (non-hydrogen) atoms. The number of rotatable bonds is 3. The van der Waals surface area contributed by atoms with E-state index in [0.717, 1.165) is 16.8 Å². The predicted octanol–water partition coefficient (Wildman–Crippen LogP) is 2.75. The quantitative estimate of drug-likeness (QED) is 0.866. The monoisotopic (exact) mass is 240 g/mol. The minimum absolute atomic E-state index is 0.0778. The van der Waals surface area contributed by atoms with Crippen LogP contribution in [-0.4, -0.2) is 20.0 Å². The Kier molecular flexibility index (Phi) is 3.63. The number of carbonyl (C=O) groups is 1. The molecule has 0 bridgehead atoms. The van der Waals surface area contributed by atoms with Crippen LogP contribution < -0.4 is 10.6 Å². The normalized spacial score (nSPS) is 9.89. The van der Waals surface area contributed by atoms with Crippen LogP contribution in [0.3, 0.4) is 0 Å². The van der Waals surface area contributed by atoms with Gasteiger partial charge in [0.1, 0.15) is 0 Å². The molecule has 3 heteroatoms. The Balaban J connectivity index is 2.66. The molecule has 0 fully saturated rings. The molecule has 2 aromatic rings. The van der Waals surface area contributed by atoms with E-state index in [-0.39, 0.29) is 5.91 Å². The molecule has 1 amide bonds. The fourth-order valence-electron chi connectivity index (χ4n) is 2.00. The minimum atomic E-state index is -0.0778. The molecule has 0 aliphatic carbocycles. The van der Waals surface area contributed by atoms with E-state index in [1.54, 1.807) is 7.05 Å². The largest absolute Gasteiger partial charge is 0.388 e. The summed E-state index contributed by atoms with van der Waals surface area (Å²) in [7, 11) is 3.50. The Hall–Kier alpha value is -2.29. The molecule has 3 nitrogen and oxygen atoms in total. The lowest BCUT2D eigenvalue weighted by Crippen LogP contribution is -2.19. The lowest BCUT2D eigenvalue weighted by atomic mass is 9.97. The van der Waals surface area contributed by atoms with Crippen molar-refractivity contribution in [3.63, 3.8) is 0 Å². The van der Waals surface area contributed by atoms with Gasteiger partial charge >= 0.3 is 0 Å². The van der Waals surface area contributed by atoms with Crippen LogP contribution in [0.15, 0.2) is 48.5 Å². The van der Waals surface area contributed by atoms with E-state index < -0.39 is 0 Å². The standard InChI is InChI=1S/C15H16N2O/c1-16-13-10-6-9-12(15(18)17-2)14(13)11-7-4-3-5-8-11/h3-10,16H,1-2H3,(H,17,18). The first kappa shape index (κ1) is 12.2. The highest BCUT2D eigenvalue weighted by Crippen LogP contribution is 2.31. The molecule has 2 aromatic carbocycles. The van der Waals surface area contributed by atoms with Crippen LogP contribution in [-0.2, 0) is 0 Å². The van der Waals surface area contributed by atoms with E-state index in [9.17, 15) is 4.79 Å². The summed E-state index contributed by atoms with van der Waals surface area (Å²) < 4.78 is 0. The van der Waals surface area contributed by atoms with Gasteiger partial charge in [0.25, 0.3) is 5.91 Å². The van der Waals surface area contributed by atoms with Gasteiger partial charge in [-0.1, -0.05) is 36.4 Å². The molecule has 0 aliphatic heterocycles. The first-order valence-electron chi connectivity index (χ1n) is 5.86. The van der Waals surface area contributed by atoms with Crippen LogP contribution in [0.4, 0.5) is 5.69 Å². The van der Waals surface area contributed by atoms with Gasteiger partial charge in [0.2, 0.25) is 0 Å². The molecule has 0 atom stereocenters. The third kappa shape index (κ3) is 2.20. The van der Waals surface area contributed by atoms with Crippen LogP contribution in [0.5, 0.6) is 0 Å². The number of anilines is 1. The summed E-state index contributed by atoms with van der Waals surface area (Å²) in [6.45, 7) is 0. The summed E-state index contributed by atoms with van der Waals surface area (Å²) in [6, 6.07) is 15.6. The van der Waals surface area contributed by atoms with Gasteiger partial charge < -0.3 is 10.6 Å². The molecule has 2 rings (SSSR count). The highest BCUT2D eigenvalue weighted by Gasteiger charge is 2.14. The predicted molar refractivity (Wildman–Crippen MR) is 74.8 cm³/mol. The van der Waals surface area contributed by atoms with Crippen molar-refractivity contribution in [2.75, 3.05) is 19.4 Å². The molecular weight excluding hydrogens is 224 g/mol. The third-order valence-corrected chi connectivity index (χ3v) is 2.87. The number of benzene rings is 2. The summed E-state index contributed by atoms with van der Waals surface area (Å²) in [4.78, 5) is 11.9. The smallest absolute Gasteiger partial charge is 0.251 e. The lowest BCUT2D eigenvalue weighted by molar-refractivity contribution is 0.0964. The van der Waals surface area contributed by atoms with E-state index in [1.165, 1.54) is 0 Å². The van der Waals surface area contributed by atoms with E-state index in [2.05, 4.69) is 10.6 Å². The van der Waals surface area contributed by atoms with Gasteiger partial charge in [-0.05, 0) is 17.7 Å². The maximum Gasteiger partial charge on any atom is 0.251 e. The summed E-state index contributed by atoms with van der Waals surface area (Å²) >= 11 is 0. The van der Waals surface area contributed by atoms with Crippen molar-refractivity contribution >= 4 is 11.6 Å². The summed E-state index contributed by atoms with van der Waals surface area (Å²) in [5, 5.41) is 5.81. The first-order chi connectivity index (χ1) is 8.77. The van der Waals surface area contributed by atoms with Crippen molar-refractivity contribution in [3.05, 3.63) is 54.1 Å². The van der Waals surface area contributed by atoms with Gasteiger partial charge in [0.05, 0.1) is 0 Å². The van der Waals surface area contributed by atoms with Crippen LogP contribution in [0.1, 0.15) is 10.4 Å². The third-order valence-electron chi connectivity index (χ3n) is 2.87. The molecule has 0 unspecified atom stereocenters. The van der Waals surface area contributed by atoms with Crippen LogP contribution in [0.2, 0.25) is 0 Å². The Morgan fingerprint density at radius 3 is 2.28 bits per heavy atom. The zero-order valence-corrected chi connectivity index (χ0v) is 10.5. The number of carbonyl (C=O) groups excluding carboxylic acids is 1. The van der Waals surface area contributed by atoms with Crippen LogP contribution in [0, 0.1) is 0 Å². The molecular formula is C15H16N2O. The molecule has 2 N–H and O–H groups in total. The number of hydrogen-bond acceptors (Lipinski definition) is 2. The lowest BCUT2D eigenvalue weighted by Gasteiger charge is -2.14. The minimum Gasteiger partial charge on any atom is -0.388 e. The second-order valence-corrected chi connectivity index (χ2v) is 3.92. The van der Waals surface area contributed by atoms with Crippen LogP contribution >= 0.6 is 0 Å². The molecule has 0 spiro atoms. The average Bonchev–Trinajstić information content (AvgIpc) is 2.46. The second kappa shape index (κ2) is 5.36. The summed E-state index contributed by atoms with van der Waals surface area (Å²) in [5.41, 5.74) is 3.58. The maximum absolute atomic E-state index is 11.9. The van der Waals surface area contributed by atoms with E-state index in [4.69, 9.17) is 0 Å². The fourth-order valence-corrected chi connectivity index (χ4v) is 2.00. The van der Waals surface area contributed by atoms with Crippen molar-refractivity contribution < 1.29 is 4.79 Å². The van der Waals surface area contributed by atoms with E-state index in [1.807, 2.05) is 55.6 Å². The Morgan fingerprint density at radius 2 is 1.67 bits per heavy atom. The van der Waals surface area contributed by atoms with Crippen molar-refractivity contribution in [1.29, 1.82) is 0 Å². The van der Waals surface area contributed by atoms with Gasteiger partial charge in [-0.15, -0.1) is 0 Å². The van der Waals surface area contributed by atoms with Crippen molar-refractivity contribution in [3.8, 4) is 11.1 Å². The Bertz CT molecular complexity index is 550. The van der Waals surface area contributed by atoms with E-state index in [0.29, 0.717) is 5.56 Å². The molecule has 92 valence electrons. The van der Waals surface area contributed by atoms with Crippen molar-refractivity contribution in [2.24, 2.45) is 0 Å². The second-order valence-electron chi connectivity index (χ2n) is 3.92. The zero-order valence-electron chi connectivity index (χ0n) is 10.5. The molecule has 0 saturated heterocycles. The van der Waals surface area contributed by atoms with Gasteiger partial charge in [0.15, 0.2) is 0 Å². The zero-order chi connectivity index (χ0) is 13.0. The molecule has 0 saturated carbocycles. The summed E-state index contributed by atoms with van der Waals surface area (Å²) in [5.74, 6) is -0.0778. The van der Waals surface area contributed by atoms with E-state index >= 15 is 0 Å². The number of amides is 1. The Labute approximate surface area is 107 Å². The van der Waals surface area contributed by atoms with Gasteiger partial charge in [-0.3, -0.25) is 4.79 Å². The topological polar surface area (TPSA) is 41.1 Å². The van der Waals surface area contributed by atoms with Gasteiger partial charge in [-0.25, -0.2) is 0 Å². The number of nitrogens with one attached hydrogen (secondary N) is 2.